The lowest BCUT2D eigenvalue weighted by molar-refractivity contribution is -0.137. The van der Waals surface area contributed by atoms with Crippen LogP contribution in [0.3, 0.4) is 0 Å². The summed E-state index contributed by atoms with van der Waals surface area (Å²) in [5.74, 6) is -0.140. The zero-order chi connectivity index (χ0) is 18.1. The Kier molecular flexibility index (Phi) is 5.24. The Bertz CT molecular complexity index is 654. The third-order valence-corrected chi connectivity index (χ3v) is 9.91. The van der Waals surface area contributed by atoms with E-state index in [1.54, 1.807) is 0 Å². The minimum Gasteiger partial charge on any atom is -0.413 e. The highest BCUT2D eigenvalue weighted by molar-refractivity contribution is 6.74. The van der Waals surface area contributed by atoms with Gasteiger partial charge in [0, 0.05) is 5.57 Å². The highest BCUT2D eigenvalue weighted by Gasteiger charge is 2.48. The van der Waals surface area contributed by atoms with E-state index in [1.807, 2.05) is 37.3 Å². The van der Waals surface area contributed by atoms with E-state index < -0.39 is 8.32 Å². The number of nitrogens with one attached hydrogen (secondary N) is 1. The van der Waals surface area contributed by atoms with Crippen LogP contribution in [0.15, 0.2) is 42.6 Å². The van der Waals surface area contributed by atoms with Crippen molar-refractivity contribution in [3.05, 3.63) is 48.2 Å². The van der Waals surface area contributed by atoms with E-state index in [1.165, 1.54) is 0 Å². The molecular formula is C20H29NO2Si. The van der Waals surface area contributed by atoms with Crippen molar-refractivity contribution in [3.63, 3.8) is 0 Å². The van der Waals surface area contributed by atoms with Crippen LogP contribution in [0, 0.1) is 5.92 Å². The normalized spacial score (nSPS) is 22.2. The molecule has 0 saturated carbocycles. The van der Waals surface area contributed by atoms with E-state index in [-0.39, 0.29) is 29.0 Å². The predicted molar refractivity (Wildman–Crippen MR) is 102 cm³/mol. The van der Waals surface area contributed by atoms with Crippen LogP contribution in [0.25, 0.3) is 5.57 Å². The molecule has 0 unspecified atom stereocenters. The second kappa shape index (κ2) is 6.71. The molecule has 130 valence electrons. The molecule has 0 aromatic heterocycles. The molecule has 0 spiro atoms. The SMILES string of the molecule is C=C=C(c1ccccc1)[C@H]1NC(=O)[C@@H]1[C@@H](C)O[Si](C)(C)C(C)(C)C. The minimum absolute atomic E-state index is 0.0508. The van der Waals surface area contributed by atoms with E-state index in [4.69, 9.17) is 4.43 Å². The van der Waals surface area contributed by atoms with Crippen LogP contribution in [0.5, 0.6) is 0 Å². The lowest BCUT2D eigenvalue weighted by Crippen LogP contribution is -2.64. The smallest absolute Gasteiger partial charge is 0.228 e. The van der Waals surface area contributed by atoms with Gasteiger partial charge in [-0.1, -0.05) is 57.7 Å². The second-order valence-electron chi connectivity index (χ2n) is 8.05. The molecule has 1 aliphatic heterocycles. The fourth-order valence-corrected chi connectivity index (χ4v) is 4.28. The van der Waals surface area contributed by atoms with Crippen molar-refractivity contribution in [3.8, 4) is 0 Å². The largest absolute Gasteiger partial charge is 0.413 e. The maximum absolute atomic E-state index is 12.2. The molecule has 1 amide bonds. The number of hydrogen-bond donors (Lipinski definition) is 1. The van der Waals surface area contributed by atoms with Crippen molar-refractivity contribution < 1.29 is 9.22 Å². The Morgan fingerprint density at radius 1 is 1.29 bits per heavy atom. The van der Waals surface area contributed by atoms with E-state index >= 15 is 0 Å². The Balaban J connectivity index is 2.20. The highest BCUT2D eigenvalue weighted by atomic mass is 28.4. The summed E-state index contributed by atoms with van der Waals surface area (Å²) < 4.78 is 6.45. The molecule has 1 fully saturated rings. The van der Waals surface area contributed by atoms with Gasteiger partial charge >= 0.3 is 0 Å². The van der Waals surface area contributed by atoms with Gasteiger partial charge in [0.2, 0.25) is 5.91 Å². The Morgan fingerprint density at radius 3 is 2.33 bits per heavy atom. The number of amides is 1. The monoisotopic (exact) mass is 343 g/mol. The number of hydrogen-bond acceptors (Lipinski definition) is 2. The topological polar surface area (TPSA) is 38.3 Å². The second-order valence-corrected chi connectivity index (χ2v) is 12.8. The summed E-state index contributed by atoms with van der Waals surface area (Å²) in [5.41, 5.74) is 5.01. The van der Waals surface area contributed by atoms with Gasteiger partial charge in [0.1, 0.15) is 0 Å². The summed E-state index contributed by atoms with van der Waals surface area (Å²) in [6.07, 6.45) is -0.128. The molecule has 0 bridgehead atoms. The first kappa shape index (κ1) is 18.7. The molecule has 1 saturated heterocycles. The van der Waals surface area contributed by atoms with Crippen molar-refractivity contribution in [2.45, 2.75) is 58.0 Å². The zero-order valence-electron chi connectivity index (χ0n) is 15.6. The molecule has 1 aromatic carbocycles. The molecule has 0 aliphatic carbocycles. The van der Waals surface area contributed by atoms with Gasteiger partial charge in [0.05, 0.1) is 18.1 Å². The Morgan fingerprint density at radius 2 is 1.88 bits per heavy atom. The number of carbonyl (C=O) groups excluding carboxylic acids is 1. The van der Waals surface area contributed by atoms with Gasteiger partial charge in [-0.3, -0.25) is 4.79 Å². The Hall–Kier alpha value is -1.61. The number of rotatable bonds is 5. The van der Waals surface area contributed by atoms with E-state index in [0.717, 1.165) is 11.1 Å². The summed E-state index contributed by atoms with van der Waals surface area (Å²) in [5, 5.41) is 3.12. The van der Waals surface area contributed by atoms with Crippen LogP contribution >= 0.6 is 0 Å². The first-order chi connectivity index (χ1) is 11.1. The fraction of sp³-hybridized carbons (Fsp3) is 0.500. The van der Waals surface area contributed by atoms with Gasteiger partial charge in [-0.15, -0.1) is 5.73 Å². The summed E-state index contributed by atoms with van der Waals surface area (Å²) in [7, 11) is -1.92. The summed E-state index contributed by atoms with van der Waals surface area (Å²) in [6.45, 7) is 16.9. The molecule has 24 heavy (non-hydrogen) atoms. The van der Waals surface area contributed by atoms with Gasteiger partial charge in [0.15, 0.2) is 8.32 Å². The quantitative estimate of drug-likeness (QED) is 0.489. The Labute approximate surface area is 146 Å². The molecule has 1 heterocycles. The minimum atomic E-state index is -1.92. The first-order valence-corrected chi connectivity index (χ1v) is 11.4. The van der Waals surface area contributed by atoms with Crippen molar-refractivity contribution in [2.75, 3.05) is 0 Å². The number of β-lactam (4-membered cyclic amide) rings is 1. The van der Waals surface area contributed by atoms with Gasteiger partial charge in [-0.05, 0) is 30.6 Å². The summed E-state index contributed by atoms with van der Waals surface area (Å²) in [6, 6.07) is 9.90. The van der Waals surface area contributed by atoms with Gasteiger partial charge < -0.3 is 9.74 Å². The number of benzene rings is 1. The first-order valence-electron chi connectivity index (χ1n) is 8.52. The molecular weight excluding hydrogens is 314 g/mol. The molecule has 2 rings (SSSR count). The van der Waals surface area contributed by atoms with Gasteiger partial charge in [-0.25, -0.2) is 0 Å². The van der Waals surface area contributed by atoms with Crippen LogP contribution in [-0.2, 0) is 9.22 Å². The van der Waals surface area contributed by atoms with E-state index in [2.05, 4.69) is 51.5 Å². The standard InChI is InChI=1S/C20H29NO2Si/c1-8-16(15-12-10-9-11-13-15)18-17(19(22)21-18)14(2)23-24(6,7)20(3,4)5/h9-14,17-18H,1H2,2-7H3,(H,21,22)/t14-,17-,18-/m1/s1. The van der Waals surface area contributed by atoms with Crippen LogP contribution < -0.4 is 5.32 Å². The number of carbonyl (C=O) groups is 1. The van der Waals surface area contributed by atoms with Gasteiger partial charge in [0.25, 0.3) is 0 Å². The van der Waals surface area contributed by atoms with Crippen LogP contribution in [-0.4, -0.2) is 26.4 Å². The van der Waals surface area contributed by atoms with Crippen molar-refractivity contribution in [1.29, 1.82) is 0 Å². The lowest BCUT2D eigenvalue weighted by atomic mass is 9.79. The molecule has 1 aliphatic rings. The van der Waals surface area contributed by atoms with Crippen molar-refractivity contribution >= 4 is 19.8 Å². The average Bonchev–Trinajstić information content (AvgIpc) is 2.46. The molecule has 3 atom stereocenters. The maximum Gasteiger partial charge on any atom is 0.228 e. The lowest BCUT2D eigenvalue weighted by Gasteiger charge is -2.45. The third kappa shape index (κ3) is 3.56. The summed E-state index contributed by atoms with van der Waals surface area (Å²) in [4.78, 5) is 12.2. The molecule has 0 radical (unpaired) electrons. The molecule has 3 nitrogen and oxygen atoms in total. The summed E-state index contributed by atoms with van der Waals surface area (Å²) >= 11 is 0. The van der Waals surface area contributed by atoms with Gasteiger partial charge in [-0.2, -0.15) is 0 Å². The average molecular weight is 344 g/mol. The van der Waals surface area contributed by atoms with Crippen molar-refractivity contribution in [1.82, 2.24) is 5.32 Å². The molecule has 4 heteroatoms. The molecule has 1 N–H and O–H groups in total. The molecule has 1 aromatic rings. The van der Waals surface area contributed by atoms with Crippen LogP contribution in [0.4, 0.5) is 0 Å². The van der Waals surface area contributed by atoms with Crippen LogP contribution in [0.2, 0.25) is 18.1 Å². The van der Waals surface area contributed by atoms with Crippen LogP contribution in [0.1, 0.15) is 33.3 Å². The van der Waals surface area contributed by atoms with Crippen molar-refractivity contribution in [2.24, 2.45) is 5.92 Å². The zero-order valence-corrected chi connectivity index (χ0v) is 16.6. The van der Waals surface area contributed by atoms with E-state index in [9.17, 15) is 4.79 Å². The van der Waals surface area contributed by atoms with E-state index in [0.29, 0.717) is 0 Å². The predicted octanol–water partition coefficient (Wildman–Crippen LogP) is 4.38. The fourth-order valence-electron chi connectivity index (χ4n) is 2.85. The highest BCUT2D eigenvalue weighted by Crippen LogP contribution is 2.40. The third-order valence-electron chi connectivity index (χ3n) is 5.34. The maximum atomic E-state index is 12.2.